The lowest BCUT2D eigenvalue weighted by molar-refractivity contribution is -0.139. The number of piperazine rings is 1. The summed E-state index contributed by atoms with van der Waals surface area (Å²) in [4.78, 5) is 16.7. The van der Waals surface area contributed by atoms with Gasteiger partial charge in [0.1, 0.15) is 0 Å². The summed E-state index contributed by atoms with van der Waals surface area (Å²) in [7, 11) is 0. The molecule has 1 rings (SSSR count). The molecule has 0 saturated carbocycles. The molecule has 0 radical (unpaired) electrons. The molecule has 0 aromatic heterocycles. The van der Waals surface area contributed by atoms with Gasteiger partial charge in [0, 0.05) is 26.2 Å². The lowest BCUT2D eigenvalue weighted by atomic mass is 9.92. The summed E-state index contributed by atoms with van der Waals surface area (Å²) in [5.74, 6) is 0.138. The molecule has 2 N–H and O–H groups in total. The van der Waals surface area contributed by atoms with Gasteiger partial charge >= 0.3 is 0 Å². The van der Waals surface area contributed by atoms with E-state index in [1.807, 2.05) is 18.7 Å². The van der Waals surface area contributed by atoms with Crippen molar-refractivity contribution in [3.05, 3.63) is 0 Å². The Hall–Kier alpha value is -0.610. The van der Waals surface area contributed by atoms with Crippen LogP contribution in [0.4, 0.5) is 0 Å². The summed E-state index contributed by atoms with van der Waals surface area (Å²) in [6.07, 6.45) is 2.62. The average molecular weight is 241 g/mol. The molecule has 1 aliphatic rings. The number of amides is 1. The van der Waals surface area contributed by atoms with Crippen molar-refractivity contribution < 1.29 is 4.79 Å². The van der Waals surface area contributed by atoms with Crippen LogP contribution < -0.4 is 5.73 Å². The van der Waals surface area contributed by atoms with Crippen LogP contribution in [-0.4, -0.2) is 54.0 Å². The van der Waals surface area contributed by atoms with Gasteiger partial charge in [0.15, 0.2) is 0 Å². The standard InChI is InChI=1S/C13H27N3O/c1-4-7-15-8-10-16(11-9-15)12(17)13(14,5-2)6-3/h4-11,14H2,1-3H3. The summed E-state index contributed by atoms with van der Waals surface area (Å²) in [5.41, 5.74) is 5.51. The molecule has 1 heterocycles. The second kappa shape index (κ2) is 6.36. The number of hydrogen-bond donors (Lipinski definition) is 1. The highest BCUT2D eigenvalue weighted by Gasteiger charge is 2.35. The lowest BCUT2D eigenvalue weighted by Crippen LogP contribution is -2.59. The minimum atomic E-state index is -0.646. The van der Waals surface area contributed by atoms with Crippen LogP contribution in [0.25, 0.3) is 0 Å². The predicted molar refractivity (Wildman–Crippen MR) is 70.8 cm³/mol. The maximum atomic E-state index is 12.3. The summed E-state index contributed by atoms with van der Waals surface area (Å²) in [6, 6.07) is 0. The fourth-order valence-electron chi connectivity index (χ4n) is 2.36. The zero-order valence-electron chi connectivity index (χ0n) is 11.5. The van der Waals surface area contributed by atoms with E-state index in [-0.39, 0.29) is 5.91 Å². The van der Waals surface area contributed by atoms with E-state index in [0.717, 1.165) is 45.6 Å². The summed E-state index contributed by atoms with van der Waals surface area (Å²) < 4.78 is 0. The Morgan fingerprint density at radius 1 is 1.12 bits per heavy atom. The average Bonchev–Trinajstić information content (AvgIpc) is 2.38. The van der Waals surface area contributed by atoms with Crippen molar-refractivity contribution in [2.24, 2.45) is 5.73 Å². The fraction of sp³-hybridized carbons (Fsp3) is 0.923. The van der Waals surface area contributed by atoms with Crippen LogP contribution >= 0.6 is 0 Å². The molecule has 0 aromatic rings. The van der Waals surface area contributed by atoms with Crippen LogP contribution in [0, 0.1) is 0 Å². The normalized spacial score (nSPS) is 18.5. The first-order valence-corrected chi connectivity index (χ1v) is 6.88. The molecule has 17 heavy (non-hydrogen) atoms. The summed E-state index contributed by atoms with van der Waals surface area (Å²) in [5, 5.41) is 0. The first-order chi connectivity index (χ1) is 8.07. The monoisotopic (exact) mass is 241 g/mol. The van der Waals surface area contributed by atoms with Crippen LogP contribution in [-0.2, 0) is 4.79 Å². The number of hydrogen-bond acceptors (Lipinski definition) is 3. The van der Waals surface area contributed by atoms with E-state index >= 15 is 0 Å². The van der Waals surface area contributed by atoms with Crippen molar-refractivity contribution in [2.75, 3.05) is 32.7 Å². The molecule has 4 nitrogen and oxygen atoms in total. The molecule has 1 amide bonds. The molecule has 1 saturated heterocycles. The van der Waals surface area contributed by atoms with E-state index in [4.69, 9.17) is 5.73 Å². The van der Waals surface area contributed by atoms with Gasteiger partial charge in [-0.1, -0.05) is 20.8 Å². The van der Waals surface area contributed by atoms with Crippen molar-refractivity contribution >= 4 is 5.91 Å². The molecule has 0 atom stereocenters. The van der Waals surface area contributed by atoms with Gasteiger partial charge < -0.3 is 10.6 Å². The van der Waals surface area contributed by atoms with Crippen molar-refractivity contribution in [1.82, 2.24) is 9.80 Å². The zero-order chi connectivity index (χ0) is 12.9. The highest BCUT2D eigenvalue weighted by molar-refractivity contribution is 5.86. The van der Waals surface area contributed by atoms with Gasteiger partial charge in [-0.3, -0.25) is 9.69 Å². The third kappa shape index (κ3) is 3.42. The van der Waals surface area contributed by atoms with Crippen LogP contribution in [0.5, 0.6) is 0 Å². The Bertz CT molecular complexity index is 243. The largest absolute Gasteiger partial charge is 0.339 e. The van der Waals surface area contributed by atoms with Gasteiger partial charge in [-0.05, 0) is 25.8 Å². The van der Waals surface area contributed by atoms with Crippen molar-refractivity contribution in [3.63, 3.8) is 0 Å². The van der Waals surface area contributed by atoms with Gasteiger partial charge in [0.25, 0.3) is 0 Å². The molecule has 0 aliphatic carbocycles. The maximum Gasteiger partial charge on any atom is 0.242 e. The van der Waals surface area contributed by atoms with Gasteiger partial charge in [0.2, 0.25) is 5.91 Å². The van der Waals surface area contributed by atoms with Crippen LogP contribution in [0.1, 0.15) is 40.0 Å². The summed E-state index contributed by atoms with van der Waals surface area (Å²) in [6.45, 7) is 11.0. The molecule has 0 spiro atoms. The second-order valence-electron chi connectivity index (χ2n) is 5.00. The number of nitrogens with two attached hydrogens (primary N) is 1. The van der Waals surface area contributed by atoms with Crippen LogP contribution in [0.2, 0.25) is 0 Å². The number of nitrogens with zero attached hydrogens (tertiary/aromatic N) is 2. The molecule has 0 aromatic carbocycles. The quantitative estimate of drug-likeness (QED) is 0.783. The Labute approximate surface area is 105 Å². The minimum Gasteiger partial charge on any atom is -0.339 e. The Balaban J connectivity index is 2.51. The minimum absolute atomic E-state index is 0.138. The fourth-order valence-corrected chi connectivity index (χ4v) is 2.36. The molecule has 0 unspecified atom stereocenters. The Morgan fingerprint density at radius 2 is 1.65 bits per heavy atom. The van der Waals surface area contributed by atoms with Crippen molar-refractivity contribution in [3.8, 4) is 0 Å². The lowest BCUT2D eigenvalue weighted by Gasteiger charge is -2.39. The number of rotatable bonds is 5. The van der Waals surface area contributed by atoms with Gasteiger partial charge in [-0.25, -0.2) is 0 Å². The van der Waals surface area contributed by atoms with Gasteiger partial charge in [0.05, 0.1) is 5.54 Å². The highest BCUT2D eigenvalue weighted by atomic mass is 16.2. The topological polar surface area (TPSA) is 49.6 Å². The van der Waals surface area contributed by atoms with Gasteiger partial charge in [-0.2, -0.15) is 0 Å². The van der Waals surface area contributed by atoms with Crippen molar-refractivity contribution in [1.29, 1.82) is 0 Å². The predicted octanol–water partition coefficient (Wildman–Crippen LogP) is 1.06. The summed E-state index contributed by atoms with van der Waals surface area (Å²) >= 11 is 0. The first-order valence-electron chi connectivity index (χ1n) is 6.88. The smallest absolute Gasteiger partial charge is 0.242 e. The van der Waals surface area contributed by atoms with Gasteiger partial charge in [-0.15, -0.1) is 0 Å². The number of carbonyl (C=O) groups excluding carboxylic acids is 1. The van der Waals surface area contributed by atoms with E-state index < -0.39 is 5.54 Å². The van der Waals surface area contributed by atoms with Crippen molar-refractivity contribution in [2.45, 2.75) is 45.6 Å². The molecular weight excluding hydrogens is 214 g/mol. The molecule has 0 bridgehead atoms. The van der Waals surface area contributed by atoms with E-state index in [1.165, 1.54) is 6.42 Å². The Morgan fingerprint density at radius 3 is 2.06 bits per heavy atom. The van der Waals surface area contributed by atoms with Crippen LogP contribution in [0.15, 0.2) is 0 Å². The zero-order valence-corrected chi connectivity index (χ0v) is 11.5. The third-order valence-corrected chi connectivity index (χ3v) is 3.89. The van der Waals surface area contributed by atoms with E-state index in [0.29, 0.717) is 0 Å². The second-order valence-corrected chi connectivity index (χ2v) is 5.00. The molecule has 1 aliphatic heterocycles. The maximum absolute atomic E-state index is 12.3. The van der Waals surface area contributed by atoms with E-state index in [9.17, 15) is 4.79 Å². The third-order valence-electron chi connectivity index (χ3n) is 3.89. The SMILES string of the molecule is CCCN1CCN(C(=O)C(N)(CC)CC)CC1. The molecule has 1 fully saturated rings. The molecule has 100 valence electrons. The Kier molecular flexibility index (Phi) is 5.40. The van der Waals surface area contributed by atoms with E-state index in [1.54, 1.807) is 0 Å². The molecular formula is C13H27N3O. The highest BCUT2D eigenvalue weighted by Crippen LogP contribution is 2.16. The first kappa shape index (κ1) is 14.5. The molecule has 4 heteroatoms. The van der Waals surface area contributed by atoms with E-state index in [2.05, 4.69) is 11.8 Å². The number of carbonyl (C=O) groups is 1. The van der Waals surface area contributed by atoms with Crippen LogP contribution in [0.3, 0.4) is 0 Å².